The van der Waals surface area contributed by atoms with Crippen LogP contribution in [0.25, 0.3) is 0 Å². The third-order valence-corrected chi connectivity index (χ3v) is 2.55. The van der Waals surface area contributed by atoms with Crippen molar-refractivity contribution < 1.29 is 0 Å². The van der Waals surface area contributed by atoms with Gasteiger partial charge in [-0.15, -0.1) is 6.42 Å². The highest BCUT2D eigenvalue weighted by Gasteiger charge is 2.10. The van der Waals surface area contributed by atoms with Crippen molar-refractivity contribution in [3.63, 3.8) is 0 Å². The van der Waals surface area contributed by atoms with Gasteiger partial charge in [0.2, 0.25) is 0 Å². The summed E-state index contributed by atoms with van der Waals surface area (Å²) in [5.41, 5.74) is 2.27. The van der Waals surface area contributed by atoms with Crippen LogP contribution < -0.4 is 5.32 Å². The molecule has 2 heteroatoms. The Hall–Kier alpha value is -0.970. The number of nitrogens with one attached hydrogen (secondary N) is 1. The first-order valence-corrected chi connectivity index (χ1v) is 5.52. The molecule has 0 aromatic heterocycles. The lowest BCUT2D eigenvalue weighted by atomic mass is 10.0. The molecule has 1 aromatic rings. The smallest absolute Gasteiger partial charge is 0.0946 e. The van der Waals surface area contributed by atoms with Crippen LogP contribution in [-0.2, 0) is 0 Å². The molecule has 0 aliphatic heterocycles. The minimum absolute atomic E-state index is 0.0383. The van der Waals surface area contributed by atoms with Gasteiger partial charge in [-0.25, -0.2) is 0 Å². The Kier molecular flexibility index (Phi) is 4.68. The standard InChI is InChI=1S/C13H16ClN/c1-4-8-15-13(5-2)12-9-11(14)7-6-10(12)3/h2,6-7,9,13,15H,4,8H2,1,3H3. The van der Waals surface area contributed by atoms with Crippen molar-refractivity contribution in [2.45, 2.75) is 26.3 Å². The number of hydrogen-bond donors (Lipinski definition) is 1. The predicted molar refractivity (Wildman–Crippen MR) is 66.1 cm³/mol. The summed E-state index contributed by atoms with van der Waals surface area (Å²) in [6.07, 6.45) is 6.58. The normalized spacial score (nSPS) is 12.1. The van der Waals surface area contributed by atoms with Gasteiger partial charge in [-0.2, -0.15) is 0 Å². The average Bonchev–Trinajstić information content (AvgIpc) is 2.24. The van der Waals surface area contributed by atoms with E-state index >= 15 is 0 Å². The largest absolute Gasteiger partial charge is 0.300 e. The van der Waals surface area contributed by atoms with Crippen LogP contribution >= 0.6 is 11.6 Å². The first-order valence-electron chi connectivity index (χ1n) is 5.14. The van der Waals surface area contributed by atoms with Gasteiger partial charge in [-0.05, 0) is 43.1 Å². The fraction of sp³-hybridized carbons (Fsp3) is 0.385. The van der Waals surface area contributed by atoms with Gasteiger partial charge in [0.25, 0.3) is 0 Å². The molecule has 0 aliphatic carbocycles. The van der Waals surface area contributed by atoms with Crippen LogP contribution in [0.5, 0.6) is 0 Å². The second kappa shape index (κ2) is 5.80. The molecule has 0 spiro atoms. The fourth-order valence-corrected chi connectivity index (χ4v) is 1.65. The van der Waals surface area contributed by atoms with Gasteiger partial charge in [0.05, 0.1) is 6.04 Å². The maximum Gasteiger partial charge on any atom is 0.0946 e. The zero-order valence-electron chi connectivity index (χ0n) is 9.18. The second-order valence-corrected chi connectivity index (χ2v) is 3.99. The lowest BCUT2D eigenvalue weighted by Gasteiger charge is -2.15. The molecule has 0 saturated heterocycles. The van der Waals surface area contributed by atoms with E-state index in [-0.39, 0.29) is 6.04 Å². The van der Waals surface area contributed by atoms with Crippen molar-refractivity contribution in [3.05, 3.63) is 34.3 Å². The molecule has 0 fully saturated rings. The molecule has 1 aromatic carbocycles. The summed E-state index contributed by atoms with van der Waals surface area (Å²) in [5, 5.41) is 4.04. The van der Waals surface area contributed by atoms with E-state index in [9.17, 15) is 0 Å². The van der Waals surface area contributed by atoms with Crippen LogP contribution in [0.15, 0.2) is 18.2 Å². The van der Waals surface area contributed by atoms with Crippen molar-refractivity contribution in [1.82, 2.24) is 5.32 Å². The quantitative estimate of drug-likeness (QED) is 0.770. The minimum Gasteiger partial charge on any atom is -0.300 e. The van der Waals surface area contributed by atoms with E-state index in [1.807, 2.05) is 25.1 Å². The number of aryl methyl sites for hydroxylation is 1. The molecule has 0 bridgehead atoms. The van der Waals surface area contributed by atoms with Crippen LogP contribution in [0.4, 0.5) is 0 Å². The predicted octanol–water partition coefficient (Wildman–Crippen LogP) is 3.32. The van der Waals surface area contributed by atoms with E-state index in [4.69, 9.17) is 18.0 Å². The molecule has 1 rings (SSSR count). The second-order valence-electron chi connectivity index (χ2n) is 3.55. The van der Waals surface area contributed by atoms with Crippen LogP contribution in [-0.4, -0.2) is 6.54 Å². The molecule has 1 nitrogen and oxygen atoms in total. The Balaban J connectivity index is 2.91. The molecule has 15 heavy (non-hydrogen) atoms. The summed E-state index contributed by atoms with van der Waals surface area (Å²) in [7, 11) is 0. The zero-order chi connectivity index (χ0) is 11.3. The molecule has 0 amide bonds. The van der Waals surface area contributed by atoms with E-state index < -0.39 is 0 Å². The molecule has 1 N–H and O–H groups in total. The summed E-state index contributed by atoms with van der Waals surface area (Å²) in [5.74, 6) is 2.75. The lowest BCUT2D eigenvalue weighted by Crippen LogP contribution is -2.21. The van der Waals surface area contributed by atoms with Crippen molar-refractivity contribution in [3.8, 4) is 12.3 Å². The van der Waals surface area contributed by atoms with E-state index in [0.29, 0.717) is 0 Å². The number of benzene rings is 1. The Morgan fingerprint density at radius 1 is 1.53 bits per heavy atom. The van der Waals surface area contributed by atoms with Crippen LogP contribution in [0, 0.1) is 19.3 Å². The highest BCUT2D eigenvalue weighted by Crippen LogP contribution is 2.21. The first-order chi connectivity index (χ1) is 7.19. The minimum atomic E-state index is -0.0383. The molecule has 0 radical (unpaired) electrons. The Morgan fingerprint density at radius 2 is 2.27 bits per heavy atom. The number of rotatable bonds is 4. The van der Waals surface area contributed by atoms with Crippen LogP contribution in [0.2, 0.25) is 5.02 Å². The maximum atomic E-state index is 5.96. The third kappa shape index (κ3) is 3.27. The van der Waals surface area contributed by atoms with Crippen LogP contribution in [0.3, 0.4) is 0 Å². The molecule has 80 valence electrons. The molecule has 1 atom stereocenters. The van der Waals surface area contributed by atoms with Crippen molar-refractivity contribution in [1.29, 1.82) is 0 Å². The highest BCUT2D eigenvalue weighted by atomic mass is 35.5. The van der Waals surface area contributed by atoms with E-state index in [0.717, 1.165) is 23.6 Å². The Labute approximate surface area is 96.8 Å². The summed E-state index contributed by atoms with van der Waals surface area (Å²) >= 11 is 5.96. The van der Waals surface area contributed by atoms with Gasteiger partial charge >= 0.3 is 0 Å². The van der Waals surface area contributed by atoms with E-state index in [1.54, 1.807) is 0 Å². The number of hydrogen-bond acceptors (Lipinski definition) is 1. The van der Waals surface area contributed by atoms with Gasteiger partial charge in [0.15, 0.2) is 0 Å². The van der Waals surface area contributed by atoms with Gasteiger partial charge < -0.3 is 0 Å². The number of halogens is 1. The zero-order valence-corrected chi connectivity index (χ0v) is 9.93. The van der Waals surface area contributed by atoms with Gasteiger partial charge in [-0.3, -0.25) is 5.32 Å². The fourth-order valence-electron chi connectivity index (χ4n) is 1.47. The van der Waals surface area contributed by atoms with Crippen molar-refractivity contribution in [2.75, 3.05) is 6.54 Å². The first kappa shape index (κ1) is 12.1. The maximum absolute atomic E-state index is 5.96. The Morgan fingerprint density at radius 3 is 2.87 bits per heavy atom. The van der Waals surface area contributed by atoms with Gasteiger partial charge in [0, 0.05) is 5.02 Å². The summed E-state index contributed by atoms with van der Waals surface area (Å²) in [6.45, 7) is 5.08. The van der Waals surface area contributed by atoms with Gasteiger partial charge in [-0.1, -0.05) is 30.5 Å². The molecule has 0 heterocycles. The SMILES string of the molecule is C#CC(NCCC)c1cc(Cl)ccc1C. The monoisotopic (exact) mass is 221 g/mol. The molecular weight excluding hydrogens is 206 g/mol. The molecule has 1 unspecified atom stereocenters. The highest BCUT2D eigenvalue weighted by molar-refractivity contribution is 6.30. The molecule has 0 aliphatic rings. The summed E-state index contributed by atoms with van der Waals surface area (Å²) in [6, 6.07) is 5.77. The average molecular weight is 222 g/mol. The summed E-state index contributed by atoms with van der Waals surface area (Å²) < 4.78 is 0. The lowest BCUT2D eigenvalue weighted by molar-refractivity contribution is 0.624. The van der Waals surface area contributed by atoms with Crippen molar-refractivity contribution >= 4 is 11.6 Å². The van der Waals surface area contributed by atoms with Crippen LogP contribution in [0.1, 0.15) is 30.5 Å². The summed E-state index contributed by atoms with van der Waals surface area (Å²) in [4.78, 5) is 0. The molecule has 0 saturated carbocycles. The van der Waals surface area contributed by atoms with Gasteiger partial charge in [0.1, 0.15) is 0 Å². The molecular formula is C13H16ClN. The third-order valence-electron chi connectivity index (χ3n) is 2.32. The Bertz CT molecular complexity index is 365. The van der Waals surface area contributed by atoms with Crippen molar-refractivity contribution in [2.24, 2.45) is 0 Å². The van der Waals surface area contributed by atoms with E-state index in [1.165, 1.54) is 5.56 Å². The topological polar surface area (TPSA) is 12.0 Å². The number of terminal acetylenes is 1. The van der Waals surface area contributed by atoms with E-state index in [2.05, 4.69) is 18.2 Å².